The number of rotatable bonds is 5. The van der Waals surface area contributed by atoms with Crippen LogP contribution >= 0.6 is 0 Å². The van der Waals surface area contributed by atoms with E-state index in [1.807, 2.05) is 42.5 Å². The highest BCUT2D eigenvalue weighted by Crippen LogP contribution is 2.02. The molecule has 0 fully saturated rings. The standard InChI is InChI=1S/C15H17N3O/c16-14(9-12-5-2-1-3-6-12)15(19)18-11-13-7-4-8-17-10-13/h1-8,10,14H,9,11,16H2,(H,18,19)/t14-/m0/s1. The fourth-order valence-electron chi connectivity index (χ4n) is 1.78. The van der Waals surface area contributed by atoms with E-state index in [1.54, 1.807) is 12.4 Å². The summed E-state index contributed by atoms with van der Waals surface area (Å²) in [5, 5.41) is 2.82. The van der Waals surface area contributed by atoms with Crippen LogP contribution in [0.15, 0.2) is 54.9 Å². The van der Waals surface area contributed by atoms with Crippen LogP contribution in [0.3, 0.4) is 0 Å². The lowest BCUT2D eigenvalue weighted by Crippen LogP contribution is -2.41. The highest BCUT2D eigenvalue weighted by atomic mass is 16.2. The van der Waals surface area contributed by atoms with Crippen molar-refractivity contribution in [3.8, 4) is 0 Å². The first-order chi connectivity index (χ1) is 9.25. The predicted octanol–water partition coefficient (Wildman–Crippen LogP) is 1.27. The Balaban J connectivity index is 1.83. The minimum Gasteiger partial charge on any atom is -0.351 e. The van der Waals surface area contributed by atoms with Crippen molar-refractivity contribution >= 4 is 5.91 Å². The second kappa shape index (κ2) is 6.66. The number of hydrogen-bond donors (Lipinski definition) is 2. The second-order valence-corrected chi connectivity index (χ2v) is 4.38. The second-order valence-electron chi connectivity index (χ2n) is 4.38. The fourth-order valence-corrected chi connectivity index (χ4v) is 1.78. The van der Waals surface area contributed by atoms with E-state index in [2.05, 4.69) is 10.3 Å². The summed E-state index contributed by atoms with van der Waals surface area (Å²) < 4.78 is 0. The zero-order valence-corrected chi connectivity index (χ0v) is 10.6. The molecule has 4 nitrogen and oxygen atoms in total. The Morgan fingerprint density at radius 1 is 1.16 bits per heavy atom. The summed E-state index contributed by atoms with van der Waals surface area (Å²) in [6, 6.07) is 13.0. The summed E-state index contributed by atoms with van der Waals surface area (Å²) >= 11 is 0. The molecule has 1 aromatic carbocycles. The minimum absolute atomic E-state index is 0.146. The van der Waals surface area contributed by atoms with Crippen LogP contribution in [0.2, 0.25) is 0 Å². The van der Waals surface area contributed by atoms with Crippen LogP contribution in [-0.4, -0.2) is 16.9 Å². The number of carbonyl (C=O) groups excluding carboxylic acids is 1. The number of amides is 1. The summed E-state index contributed by atoms with van der Waals surface area (Å²) in [6.45, 7) is 0.454. The third-order valence-corrected chi connectivity index (χ3v) is 2.82. The van der Waals surface area contributed by atoms with Gasteiger partial charge in [-0.2, -0.15) is 0 Å². The van der Waals surface area contributed by atoms with Gasteiger partial charge in [0.15, 0.2) is 0 Å². The average Bonchev–Trinajstić information content (AvgIpc) is 2.47. The highest BCUT2D eigenvalue weighted by Gasteiger charge is 2.13. The molecule has 0 saturated carbocycles. The van der Waals surface area contributed by atoms with E-state index < -0.39 is 6.04 Å². The molecule has 1 aromatic heterocycles. The monoisotopic (exact) mass is 255 g/mol. The average molecular weight is 255 g/mol. The summed E-state index contributed by atoms with van der Waals surface area (Å²) in [4.78, 5) is 15.9. The SMILES string of the molecule is N[C@@H](Cc1ccccc1)C(=O)NCc1cccnc1. The van der Waals surface area contributed by atoms with E-state index in [9.17, 15) is 4.79 Å². The van der Waals surface area contributed by atoms with Gasteiger partial charge in [-0.05, 0) is 23.6 Å². The lowest BCUT2D eigenvalue weighted by Gasteiger charge is -2.12. The molecule has 3 N–H and O–H groups in total. The normalized spacial score (nSPS) is 11.8. The lowest BCUT2D eigenvalue weighted by atomic mass is 10.1. The quantitative estimate of drug-likeness (QED) is 0.845. The molecule has 0 saturated heterocycles. The molecule has 1 heterocycles. The number of hydrogen-bond acceptors (Lipinski definition) is 3. The topological polar surface area (TPSA) is 68.0 Å². The third-order valence-electron chi connectivity index (χ3n) is 2.82. The Hall–Kier alpha value is -2.20. The zero-order valence-electron chi connectivity index (χ0n) is 10.6. The Bertz CT molecular complexity index is 513. The number of nitrogens with two attached hydrogens (primary N) is 1. The zero-order chi connectivity index (χ0) is 13.5. The molecule has 0 bridgehead atoms. The number of pyridine rings is 1. The fraction of sp³-hybridized carbons (Fsp3) is 0.200. The molecule has 98 valence electrons. The van der Waals surface area contributed by atoms with Gasteiger partial charge in [-0.25, -0.2) is 0 Å². The van der Waals surface area contributed by atoms with E-state index in [1.165, 1.54) is 0 Å². The van der Waals surface area contributed by atoms with Gasteiger partial charge in [0.05, 0.1) is 6.04 Å². The van der Waals surface area contributed by atoms with Crippen molar-refractivity contribution < 1.29 is 4.79 Å². The van der Waals surface area contributed by atoms with Gasteiger partial charge in [0, 0.05) is 18.9 Å². The van der Waals surface area contributed by atoms with Gasteiger partial charge in [0.1, 0.15) is 0 Å². The Labute approximate surface area is 112 Å². The Morgan fingerprint density at radius 3 is 2.58 bits per heavy atom. The summed E-state index contributed by atoms with van der Waals surface area (Å²) in [7, 11) is 0. The van der Waals surface area contributed by atoms with E-state index in [0.29, 0.717) is 13.0 Å². The number of aromatic nitrogens is 1. The van der Waals surface area contributed by atoms with Gasteiger partial charge in [-0.3, -0.25) is 9.78 Å². The van der Waals surface area contributed by atoms with Gasteiger partial charge in [-0.15, -0.1) is 0 Å². The molecule has 19 heavy (non-hydrogen) atoms. The first-order valence-corrected chi connectivity index (χ1v) is 6.22. The van der Waals surface area contributed by atoms with Crippen molar-refractivity contribution in [2.45, 2.75) is 19.0 Å². The smallest absolute Gasteiger partial charge is 0.237 e. The molecule has 0 aliphatic heterocycles. The maximum absolute atomic E-state index is 11.9. The minimum atomic E-state index is -0.529. The Kier molecular flexibility index (Phi) is 4.64. The number of nitrogens with one attached hydrogen (secondary N) is 1. The van der Waals surface area contributed by atoms with E-state index in [0.717, 1.165) is 11.1 Å². The van der Waals surface area contributed by atoms with Crippen molar-refractivity contribution in [3.05, 3.63) is 66.0 Å². The molecule has 0 radical (unpaired) electrons. The maximum Gasteiger partial charge on any atom is 0.237 e. The van der Waals surface area contributed by atoms with Gasteiger partial charge < -0.3 is 11.1 Å². The third kappa shape index (κ3) is 4.19. The molecular weight excluding hydrogens is 238 g/mol. The van der Waals surface area contributed by atoms with Crippen LogP contribution in [0.25, 0.3) is 0 Å². The van der Waals surface area contributed by atoms with E-state index >= 15 is 0 Å². The van der Waals surface area contributed by atoms with Crippen LogP contribution in [0.4, 0.5) is 0 Å². The van der Waals surface area contributed by atoms with Gasteiger partial charge in [0.2, 0.25) is 5.91 Å². The van der Waals surface area contributed by atoms with Crippen LogP contribution in [0.5, 0.6) is 0 Å². The van der Waals surface area contributed by atoms with Crippen LogP contribution < -0.4 is 11.1 Å². The number of benzene rings is 1. The van der Waals surface area contributed by atoms with Gasteiger partial charge in [0.25, 0.3) is 0 Å². The molecule has 1 amide bonds. The number of carbonyl (C=O) groups is 1. The van der Waals surface area contributed by atoms with Crippen molar-refractivity contribution in [1.29, 1.82) is 0 Å². The van der Waals surface area contributed by atoms with Crippen LogP contribution in [-0.2, 0) is 17.8 Å². The first kappa shape index (κ1) is 13.2. The highest BCUT2D eigenvalue weighted by molar-refractivity contribution is 5.81. The summed E-state index contributed by atoms with van der Waals surface area (Å²) in [5.41, 5.74) is 7.91. The maximum atomic E-state index is 11.9. The van der Waals surface area contributed by atoms with Crippen LogP contribution in [0.1, 0.15) is 11.1 Å². The van der Waals surface area contributed by atoms with Gasteiger partial charge in [-0.1, -0.05) is 36.4 Å². The predicted molar refractivity (Wildman–Crippen MR) is 74.2 cm³/mol. The van der Waals surface area contributed by atoms with Crippen molar-refractivity contribution in [2.75, 3.05) is 0 Å². The molecule has 0 unspecified atom stereocenters. The molecule has 2 aromatic rings. The van der Waals surface area contributed by atoms with Crippen molar-refractivity contribution in [1.82, 2.24) is 10.3 Å². The summed E-state index contributed by atoms with van der Waals surface area (Å²) in [6.07, 6.45) is 3.97. The van der Waals surface area contributed by atoms with E-state index in [4.69, 9.17) is 5.73 Å². The van der Waals surface area contributed by atoms with Crippen LogP contribution in [0, 0.1) is 0 Å². The number of nitrogens with zero attached hydrogens (tertiary/aromatic N) is 1. The van der Waals surface area contributed by atoms with Gasteiger partial charge >= 0.3 is 0 Å². The molecule has 1 atom stereocenters. The molecule has 0 aliphatic carbocycles. The van der Waals surface area contributed by atoms with Crippen molar-refractivity contribution in [3.63, 3.8) is 0 Å². The lowest BCUT2D eigenvalue weighted by molar-refractivity contribution is -0.122. The molecule has 0 spiro atoms. The molecular formula is C15H17N3O. The molecule has 0 aliphatic rings. The first-order valence-electron chi connectivity index (χ1n) is 6.22. The molecule has 4 heteroatoms. The molecule has 2 rings (SSSR count). The summed E-state index contributed by atoms with van der Waals surface area (Å²) in [5.74, 6) is -0.146. The van der Waals surface area contributed by atoms with E-state index in [-0.39, 0.29) is 5.91 Å². The largest absolute Gasteiger partial charge is 0.351 e. The van der Waals surface area contributed by atoms with Crippen molar-refractivity contribution in [2.24, 2.45) is 5.73 Å². The Morgan fingerprint density at radius 2 is 1.89 bits per heavy atom.